The van der Waals surface area contributed by atoms with E-state index < -0.39 is 22.5 Å². The van der Waals surface area contributed by atoms with Gasteiger partial charge in [0.15, 0.2) is 16.5 Å². The summed E-state index contributed by atoms with van der Waals surface area (Å²) in [6, 6.07) is 0. The number of rotatable bonds is 3. The third kappa shape index (κ3) is 3.54. The Kier molecular flexibility index (Phi) is 4.17. The molecule has 0 saturated heterocycles. The lowest BCUT2D eigenvalue weighted by atomic mass is 10.7. The molecule has 6 heteroatoms. The molecule has 0 aromatic heterocycles. The smallest absolute Gasteiger partial charge is 0.320 e. The molecule has 0 aliphatic carbocycles. The summed E-state index contributed by atoms with van der Waals surface area (Å²) in [6.07, 6.45) is 0. The maximum Gasteiger partial charge on any atom is 0.320 e. The Balaban J connectivity index is 3.68. The standard InChI is InChI=1S/C4H9NO4S/c1-3(10(7)8)9-4(6)2-5/h3H,2,5H2,1H3,(H,7,8). The van der Waals surface area contributed by atoms with Crippen molar-refractivity contribution in [1.29, 1.82) is 0 Å². The highest BCUT2D eigenvalue weighted by Gasteiger charge is 2.11. The monoisotopic (exact) mass is 167 g/mol. The molecule has 0 aromatic carbocycles. The van der Waals surface area contributed by atoms with Crippen molar-refractivity contribution < 1.29 is 18.3 Å². The van der Waals surface area contributed by atoms with Gasteiger partial charge >= 0.3 is 5.97 Å². The van der Waals surface area contributed by atoms with Crippen LogP contribution in [0.1, 0.15) is 6.92 Å². The maximum absolute atomic E-state index is 10.3. The van der Waals surface area contributed by atoms with E-state index in [0.717, 1.165) is 0 Å². The lowest BCUT2D eigenvalue weighted by Gasteiger charge is -2.06. The van der Waals surface area contributed by atoms with E-state index >= 15 is 0 Å². The van der Waals surface area contributed by atoms with Gasteiger partial charge in [-0.1, -0.05) is 0 Å². The van der Waals surface area contributed by atoms with Crippen LogP contribution in [0.4, 0.5) is 0 Å². The number of hydrogen-bond acceptors (Lipinski definition) is 4. The zero-order valence-electron chi connectivity index (χ0n) is 5.44. The molecule has 0 bridgehead atoms. The van der Waals surface area contributed by atoms with E-state index in [1.807, 2.05) is 0 Å². The molecular formula is C4H9NO4S. The first-order chi connectivity index (χ1) is 4.57. The molecule has 2 unspecified atom stereocenters. The third-order valence-corrected chi connectivity index (χ3v) is 1.41. The van der Waals surface area contributed by atoms with Crippen LogP contribution in [0.3, 0.4) is 0 Å². The topological polar surface area (TPSA) is 89.6 Å². The van der Waals surface area contributed by atoms with E-state index in [1.54, 1.807) is 0 Å². The first-order valence-corrected chi connectivity index (χ1v) is 3.74. The van der Waals surface area contributed by atoms with Crippen molar-refractivity contribution >= 4 is 17.0 Å². The molecule has 0 fully saturated rings. The number of hydrogen-bond donors (Lipinski definition) is 2. The van der Waals surface area contributed by atoms with E-state index in [4.69, 9.17) is 10.3 Å². The average Bonchev–Trinajstić information content (AvgIpc) is 1.87. The molecule has 0 spiro atoms. The molecule has 60 valence electrons. The predicted molar refractivity (Wildman–Crippen MR) is 35.4 cm³/mol. The fourth-order valence-electron chi connectivity index (χ4n) is 0.274. The molecule has 0 aliphatic rings. The van der Waals surface area contributed by atoms with Gasteiger partial charge in [-0.25, -0.2) is 4.21 Å². The van der Waals surface area contributed by atoms with Crippen molar-refractivity contribution in [3.05, 3.63) is 0 Å². The molecule has 10 heavy (non-hydrogen) atoms. The third-order valence-electron chi connectivity index (χ3n) is 0.748. The molecule has 2 atom stereocenters. The summed E-state index contributed by atoms with van der Waals surface area (Å²) in [5.74, 6) is -0.685. The fraction of sp³-hybridized carbons (Fsp3) is 0.750. The number of carbonyl (C=O) groups excluding carboxylic acids is 1. The number of ether oxygens (including phenoxy) is 1. The minimum Gasteiger partial charge on any atom is -0.445 e. The summed E-state index contributed by atoms with van der Waals surface area (Å²) in [6.45, 7) is 1.03. The Morgan fingerprint density at radius 2 is 2.40 bits per heavy atom. The second-order valence-corrected chi connectivity index (χ2v) is 2.75. The summed E-state index contributed by atoms with van der Waals surface area (Å²) in [5.41, 5.74) is 3.86. The van der Waals surface area contributed by atoms with Gasteiger partial charge in [0.2, 0.25) is 0 Å². The zero-order valence-corrected chi connectivity index (χ0v) is 6.26. The van der Waals surface area contributed by atoms with Crippen LogP contribution in [-0.4, -0.2) is 26.7 Å². The number of esters is 1. The van der Waals surface area contributed by atoms with Crippen LogP contribution in [0.2, 0.25) is 0 Å². The Morgan fingerprint density at radius 1 is 1.90 bits per heavy atom. The highest BCUT2D eigenvalue weighted by molar-refractivity contribution is 7.79. The summed E-state index contributed by atoms with van der Waals surface area (Å²) in [7, 11) is 0. The van der Waals surface area contributed by atoms with Crippen molar-refractivity contribution in [2.75, 3.05) is 6.54 Å². The normalized spacial score (nSPS) is 15.9. The molecule has 0 heterocycles. The van der Waals surface area contributed by atoms with E-state index in [9.17, 15) is 9.00 Å². The Morgan fingerprint density at radius 3 is 2.70 bits per heavy atom. The zero-order chi connectivity index (χ0) is 8.15. The summed E-state index contributed by atoms with van der Waals surface area (Å²) in [5, 5.41) is 0. The Labute approximate surface area is 60.8 Å². The van der Waals surface area contributed by atoms with E-state index in [2.05, 4.69) is 4.74 Å². The molecule has 0 rings (SSSR count). The van der Waals surface area contributed by atoms with Gasteiger partial charge in [0.1, 0.15) is 0 Å². The van der Waals surface area contributed by atoms with Crippen molar-refractivity contribution in [3.8, 4) is 0 Å². The lowest BCUT2D eigenvalue weighted by Crippen LogP contribution is -2.24. The van der Waals surface area contributed by atoms with Gasteiger partial charge in [0.05, 0.1) is 6.54 Å². The minimum absolute atomic E-state index is 0.276. The van der Waals surface area contributed by atoms with Crippen molar-refractivity contribution in [1.82, 2.24) is 0 Å². The van der Waals surface area contributed by atoms with Gasteiger partial charge in [-0.15, -0.1) is 0 Å². The van der Waals surface area contributed by atoms with Gasteiger partial charge in [-0.2, -0.15) is 0 Å². The van der Waals surface area contributed by atoms with Gasteiger partial charge in [0, 0.05) is 0 Å². The summed E-state index contributed by atoms with van der Waals surface area (Å²) >= 11 is -2.13. The quantitative estimate of drug-likeness (QED) is 0.418. The fourth-order valence-corrected chi connectivity index (χ4v) is 0.464. The Hall–Kier alpha value is -0.460. The minimum atomic E-state index is -2.13. The van der Waals surface area contributed by atoms with Crippen molar-refractivity contribution in [2.24, 2.45) is 5.73 Å². The average molecular weight is 167 g/mol. The summed E-state index contributed by atoms with van der Waals surface area (Å²) < 4.78 is 22.8. The molecule has 0 amide bonds. The van der Waals surface area contributed by atoms with Crippen LogP contribution < -0.4 is 5.73 Å². The van der Waals surface area contributed by atoms with Crippen molar-refractivity contribution in [3.63, 3.8) is 0 Å². The van der Waals surface area contributed by atoms with Crippen LogP contribution in [0.15, 0.2) is 0 Å². The van der Waals surface area contributed by atoms with Gasteiger partial charge in [0.25, 0.3) is 0 Å². The van der Waals surface area contributed by atoms with Gasteiger partial charge < -0.3 is 15.0 Å². The SMILES string of the molecule is CC(OC(=O)CN)S(=O)O. The lowest BCUT2D eigenvalue weighted by molar-refractivity contribution is -0.143. The van der Waals surface area contributed by atoms with Gasteiger partial charge in [-0.3, -0.25) is 4.79 Å². The second-order valence-electron chi connectivity index (χ2n) is 1.54. The molecular weight excluding hydrogens is 158 g/mol. The highest BCUT2D eigenvalue weighted by atomic mass is 32.2. The molecule has 5 nitrogen and oxygen atoms in total. The first kappa shape index (κ1) is 9.54. The largest absolute Gasteiger partial charge is 0.445 e. The maximum atomic E-state index is 10.3. The highest BCUT2D eigenvalue weighted by Crippen LogP contribution is 1.93. The molecule has 0 aliphatic heterocycles. The van der Waals surface area contributed by atoms with Gasteiger partial charge in [-0.05, 0) is 6.92 Å². The predicted octanol–water partition coefficient (Wildman–Crippen LogP) is -0.944. The number of nitrogens with two attached hydrogens (primary N) is 1. The molecule has 0 radical (unpaired) electrons. The van der Waals surface area contributed by atoms with Crippen LogP contribution in [0.25, 0.3) is 0 Å². The van der Waals surface area contributed by atoms with Crippen LogP contribution in [0, 0.1) is 0 Å². The second kappa shape index (κ2) is 4.37. The summed E-state index contributed by atoms with van der Waals surface area (Å²) in [4.78, 5) is 10.3. The first-order valence-electron chi connectivity index (χ1n) is 2.57. The van der Waals surface area contributed by atoms with E-state index in [0.29, 0.717) is 0 Å². The van der Waals surface area contributed by atoms with Crippen LogP contribution >= 0.6 is 0 Å². The van der Waals surface area contributed by atoms with E-state index in [1.165, 1.54) is 6.92 Å². The van der Waals surface area contributed by atoms with E-state index in [-0.39, 0.29) is 6.54 Å². The number of carbonyl (C=O) groups is 1. The van der Waals surface area contributed by atoms with Crippen molar-refractivity contribution in [2.45, 2.75) is 12.4 Å². The Bertz CT molecular complexity index is 148. The molecule has 0 aromatic rings. The van der Waals surface area contributed by atoms with Crippen LogP contribution in [0.5, 0.6) is 0 Å². The molecule has 0 saturated carbocycles. The van der Waals surface area contributed by atoms with Crippen LogP contribution in [-0.2, 0) is 20.6 Å². The molecule has 3 N–H and O–H groups in total.